The third-order valence-electron chi connectivity index (χ3n) is 5.08. The molecule has 0 fully saturated rings. The van der Waals surface area contributed by atoms with E-state index in [1.54, 1.807) is 0 Å². The molecule has 0 spiro atoms. The quantitative estimate of drug-likeness (QED) is 0.570. The molecule has 0 saturated heterocycles. The van der Waals surface area contributed by atoms with Gasteiger partial charge in [-0.1, -0.05) is 75.8 Å². The van der Waals surface area contributed by atoms with Crippen molar-refractivity contribution in [2.24, 2.45) is 15.7 Å². The molecule has 2 rings (SSSR count). The first-order chi connectivity index (χ1) is 13.0. The fourth-order valence-electron chi connectivity index (χ4n) is 3.43. The van der Waals surface area contributed by atoms with Gasteiger partial charge in [0, 0.05) is 13.1 Å². The van der Waals surface area contributed by atoms with Crippen LogP contribution in [0.5, 0.6) is 0 Å². The Balaban J connectivity index is 1.81. The Morgan fingerprint density at radius 2 is 1.70 bits per heavy atom. The van der Waals surface area contributed by atoms with Crippen molar-refractivity contribution in [2.45, 2.75) is 77.8 Å². The molecule has 1 aromatic rings. The van der Waals surface area contributed by atoms with E-state index in [0.717, 1.165) is 25.9 Å². The maximum absolute atomic E-state index is 6.26. The average Bonchev–Trinajstić information content (AvgIpc) is 2.63. The Morgan fingerprint density at radius 1 is 1.04 bits per heavy atom. The molecule has 0 saturated carbocycles. The molecule has 0 radical (unpaired) electrons. The fraction of sp³-hybridized carbons (Fsp3) is 0.636. The second-order valence-corrected chi connectivity index (χ2v) is 7.87. The van der Waals surface area contributed by atoms with Crippen molar-refractivity contribution in [1.29, 1.82) is 0 Å². The number of benzene rings is 1. The van der Waals surface area contributed by atoms with Crippen LogP contribution in [0.15, 0.2) is 40.3 Å². The maximum Gasteiger partial charge on any atom is 0.223 e. The van der Waals surface area contributed by atoms with Gasteiger partial charge in [-0.2, -0.15) is 4.99 Å². The van der Waals surface area contributed by atoms with Crippen LogP contribution in [0.2, 0.25) is 0 Å². The number of hydrogen-bond donors (Lipinski definition) is 2. The smallest absolute Gasteiger partial charge is 0.223 e. The summed E-state index contributed by atoms with van der Waals surface area (Å²) >= 11 is 0. The van der Waals surface area contributed by atoms with Gasteiger partial charge in [0.2, 0.25) is 11.9 Å². The molecular weight excluding hydrogens is 334 g/mol. The Morgan fingerprint density at radius 3 is 2.37 bits per heavy atom. The first kappa shape index (κ1) is 21.3. The van der Waals surface area contributed by atoms with E-state index in [-0.39, 0.29) is 5.66 Å². The summed E-state index contributed by atoms with van der Waals surface area (Å²) in [7, 11) is 0. The molecule has 0 aliphatic carbocycles. The first-order valence-corrected chi connectivity index (χ1v) is 10.5. The van der Waals surface area contributed by atoms with Crippen molar-refractivity contribution >= 4 is 11.9 Å². The molecule has 0 bridgehead atoms. The molecule has 150 valence electrons. The van der Waals surface area contributed by atoms with Gasteiger partial charge in [-0.15, -0.1) is 0 Å². The van der Waals surface area contributed by atoms with E-state index in [4.69, 9.17) is 5.73 Å². The number of nitrogens with zero attached hydrogens (tertiary/aromatic N) is 3. The van der Waals surface area contributed by atoms with Crippen molar-refractivity contribution in [1.82, 2.24) is 10.2 Å². The number of rotatable bonds is 11. The molecule has 5 heteroatoms. The summed E-state index contributed by atoms with van der Waals surface area (Å²) in [6.45, 7) is 8.15. The van der Waals surface area contributed by atoms with E-state index in [1.807, 2.05) is 6.07 Å². The van der Waals surface area contributed by atoms with Gasteiger partial charge in [-0.25, -0.2) is 0 Å². The van der Waals surface area contributed by atoms with E-state index in [0.29, 0.717) is 11.9 Å². The minimum absolute atomic E-state index is 0.292. The van der Waals surface area contributed by atoms with Crippen LogP contribution in [0.3, 0.4) is 0 Å². The minimum atomic E-state index is -0.292. The van der Waals surface area contributed by atoms with Crippen molar-refractivity contribution in [3.63, 3.8) is 0 Å². The predicted octanol–water partition coefficient (Wildman–Crippen LogP) is 4.29. The van der Waals surface area contributed by atoms with E-state index in [9.17, 15) is 0 Å². The third kappa shape index (κ3) is 7.24. The highest BCUT2D eigenvalue weighted by Gasteiger charge is 2.32. The Hall–Kier alpha value is -2.04. The van der Waals surface area contributed by atoms with Crippen LogP contribution < -0.4 is 11.1 Å². The second kappa shape index (κ2) is 11.0. The number of nitrogens with one attached hydrogen (secondary N) is 1. The Bertz CT molecular complexity index is 606. The molecule has 5 nitrogen and oxygen atoms in total. The lowest BCUT2D eigenvalue weighted by Gasteiger charge is -2.43. The van der Waals surface area contributed by atoms with Gasteiger partial charge in [0.25, 0.3) is 0 Å². The molecule has 1 aromatic carbocycles. The summed E-state index contributed by atoms with van der Waals surface area (Å²) in [6, 6.07) is 10.5. The first-order valence-electron chi connectivity index (χ1n) is 10.5. The molecule has 0 unspecified atom stereocenters. The monoisotopic (exact) mass is 371 g/mol. The maximum atomic E-state index is 6.26. The van der Waals surface area contributed by atoms with Gasteiger partial charge in [-0.3, -0.25) is 4.99 Å². The highest BCUT2D eigenvalue weighted by Crippen LogP contribution is 2.16. The molecule has 3 N–H and O–H groups in total. The highest BCUT2D eigenvalue weighted by atomic mass is 15.4. The summed E-state index contributed by atoms with van der Waals surface area (Å²) in [5.41, 5.74) is 7.28. The number of aliphatic imine (C=N–C) groups is 2. The van der Waals surface area contributed by atoms with Crippen LogP contribution >= 0.6 is 0 Å². The lowest BCUT2D eigenvalue weighted by molar-refractivity contribution is 0.187. The molecule has 0 aromatic heterocycles. The molecule has 0 atom stereocenters. The van der Waals surface area contributed by atoms with Crippen molar-refractivity contribution in [2.75, 3.05) is 13.1 Å². The summed E-state index contributed by atoms with van der Waals surface area (Å²) < 4.78 is 0. The normalized spacial score (nSPS) is 17.7. The zero-order valence-electron chi connectivity index (χ0n) is 17.4. The second-order valence-electron chi connectivity index (χ2n) is 7.87. The fourth-order valence-corrected chi connectivity index (χ4v) is 3.43. The molecular formula is C22H37N5. The van der Waals surface area contributed by atoms with Crippen LogP contribution in [0, 0.1) is 0 Å². The minimum Gasteiger partial charge on any atom is -0.369 e. The summed E-state index contributed by atoms with van der Waals surface area (Å²) in [5.74, 6) is 1.22. The predicted molar refractivity (Wildman–Crippen MR) is 116 cm³/mol. The SMILES string of the molecule is CCCCCCCCCN=C1N=C(N)N(CCc2ccccc2)C(C)(C)N1. The van der Waals surface area contributed by atoms with E-state index in [1.165, 1.54) is 44.1 Å². The van der Waals surface area contributed by atoms with E-state index in [2.05, 4.69) is 65.2 Å². The molecule has 1 aliphatic heterocycles. The van der Waals surface area contributed by atoms with Crippen molar-refractivity contribution in [3.05, 3.63) is 35.9 Å². The zero-order chi connectivity index (χ0) is 19.5. The Labute approximate surface area is 165 Å². The van der Waals surface area contributed by atoms with Gasteiger partial charge in [0.1, 0.15) is 5.66 Å². The standard InChI is InChI=1S/C22H37N5/c1-4-5-6-7-8-9-13-17-24-21-25-20(23)27(22(2,3)26-21)18-16-19-14-11-10-12-15-19/h10-12,14-15H,4-9,13,16-18H2,1-3H3,(H3,23,24,25,26). The topological polar surface area (TPSA) is 66.0 Å². The van der Waals surface area contributed by atoms with Crippen molar-refractivity contribution in [3.8, 4) is 0 Å². The van der Waals surface area contributed by atoms with Gasteiger partial charge in [0.15, 0.2) is 0 Å². The van der Waals surface area contributed by atoms with Gasteiger partial charge in [-0.05, 0) is 32.3 Å². The number of unbranched alkanes of at least 4 members (excludes halogenated alkanes) is 6. The number of nitrogens with two attached hydrogens (primary N) is 1. The highest BCUT2D eigenvalue weighted by molar-refractivity contribution is 5.97. The molecule has 0 amide bonds. The summed E-state index contributed by atoms with van der Waals surface area (Å²) in [5, 5.41) is 3.44. The van der Waals surface area contributed by atoms with Crippen LogP contribution in [-0.4, -0.2) is 35.6 Å². The molecule has 1 aliphatic rings. The number of guanidine groups is 2. The largest absolute Gasteiger partial charge is 0.369 e. The van der Waals surface area contributed by atoms with Crippen LogP contribution in [0.4, 0.5) is 0 Å². The summed E-state index contributed by atoms with van der Waals surface area (Å²) in [6.07, 6.45) is 9.97. The van der Waals surface area contributed by atoms with Crippen LogP contribution in [0.1, 0.15) is 71.3 Å². The molecule has 1 heterocycles. The zero-order valence-corrected chi connectivity index (χ0v) is 17.4. The van der Waals surface area contributed by atoms with E-state index >= 15 is 0 Å². The van der Waals surface area contributed by atoms with Gasteiger partial charge < -0.3 is 16.0 Å². The third-order valence-corrected chi connectivity index (χ3v) is 5.08. The van der Waals surface area contributed by atoms with E-state index < -0.39 is 0 Å². The summed E-state index contributed by atoms with van der Waals surface area (Å²) in [4.78, 5) is 11.2. The van der Waals surface area contributed by atoms with Gasteiger partial charge >= 0.3 is 0 Å². The molecule has 27 heavy (non-hydrogen) atoms. The lowest BCUT2D eigenvalue weighted by atomic mass is 10.1. The number of hydrogen-bond acceptors (Lipinski definition) is 3. The van der Waals surface area contributed by atoms with Gasteiger partial charge in [0.05, 0.1) is 0 Å². The lowest BCUT2D eigenvalue weighted by Crippen LogP contribution is -2.64. The average molecular weight is 372 g/mol. The van der Waals surface area contributed by atoms with Crippen LogP contribution in [0.25, 0.3) is 0 Å². The Kier molecular flexibility index (Phi) is 8.62. The van der Waals surface area contributed by atoms with Crippen molar-refractivity contribution < 1.29 is 0 Å². The van der Waals surface area contributed by atoms with Crippen LogP contribution in [-0.2, 0) is 6.42 Å².